The van der Waals surface area contributed by atoms with E-state index in [-0.39, 0.29) is 11.9 Å². The molecule has 166 valence electrons. The summed E-state index contributed by atoms with van der Waals surface area (Å²) in [6.45, 7) is 5.57. The summed E-state index contributed by atoms with van der Waals surface area (Å²) in [6.07, 6.45) is 5.50. The number of aromatic amines is 1. The van der Waals surface area contributed by atoms with Crippen molar-refractivity contribution in [1.82, 2.24) is 24.2 Å². The molecule has 1 unspecified atom stereocenters. The average Bonchev–Trinajstić information content (AvgIpc) is 3.54. The van der Waals surface area contributed by atoms with E-state index in [0.717, 1.165) is 48.5 Å². The molecule has 9 nitrogen and oxygen atoms in total. The summed E-state index contributed by atoms with van der Waals surface area (Å²) >= 11 is 1.23. The van der Waals surface area contributed by atoms with Crippen molar-refractivity contribution in [2.75, 3.05) is 30.4 Å². The Morgan fingerprint density at radius 3 is 2.78 bits per heavy atom. The molecule has 3 atom stereocenters. The highest BCUT2D eigenvalue weighted by molar-refractivity contribution is 7.09. The van der Waals surface area contributed by atoms with Crippen LogP contribution >= 0.6 is 11.5 Å². The first-order chi connectivity index (χ1) is 15.4. The van der Waals surface area contributed by atoms with Crippen molar-refractivity contribution in [3.05, 3.63) is 29.8 Å². The van der Waals surface area contributed by atoms with Gasteiger partial charge in [0.1, 0.15) is 17.5 Å². The summed E-state index contributed by atoms with van der Waals surface area (Å²) < 4.78 is 4.30. The molecule has 2 aliphatic rings. The maximum absolute atomic E-state index is 12.8. The SMILES string of the molecule is CC(C)c1nsc(NC(=O)N2CC3C[C@@H](N(C)c4c(C#N)cnc5[nH]ccc45)C[C@@H]3C2)n1. The lowest BCUT2D eigenvalue weighted by molar-refractivity contribution is 0.218. The number of rotatable bonds is 4. The van der Waals surface area contributed by atoms with Gasteiger partial charge in [-0.3, -0.25) is 5.32 Å². The van der Waals surface area contributed by atoms with Gasteiger partial charge in [-0.1, -0.05) is 13.8 Å². The predicted octanol–water partition coefficient (Wildman–Crippen LogP) is 3.79. The van der Waals surface area contributed by atoms with E-state index in [2.05, 4.69) is 42.7 Å². The largest absolute Gasteiger partial charge is 0.370 e. The summed E-state index contributed by atoms with van der Waals surface area (Å²) in [5.74, 6) is 1.93. The number of carbonyl (C=O) groups excluding carboxylic acids is 1. The first-order valence-corrected chi connectivity index (χ1v) is 11.7. The van der Waals surface area contributed by atoms with Crippen molar-refractivity contribution in [3.63, 3.8) is 0 Å². The molecule has 0 aromatic carbocycles. The van der Waals surface area contributed by atoms with Gasteiger partial charge in [-0.2, -0.15) is 9.64 Å². The number of anilines is 2. The zero-order valence-corrected chi connectivity index (χ0v) is 19.2. The van der Waals surface area contributed by atoms with Crippen LogP contribution in [0.5, 0.6) is 0 Å². The second kappa shape index (κ2) is 8.06. The van der Waals surface area contributed by atoms with Crippen LogP contribution in [0.15, 0.2) is 18.5 Å². The summed E-state index contributed by atoms with van der Waals surface area (Å²) in [5, 5.41) is 14.1. The second-order valence-corrected chi connectivity index (χ2v) is 9.83. The average molecular weight is 451 g/mol. The van der Waals surface area contributed by atoms with Crippen molar-refractivity contribution in [2.24, 2.45) is 11.8 Å². The van der Waals surface area contributed by atoms with Crippen LogP contribution in [-0.2, 0) is 0 Å². The number of carbonyl (C=O) groups is 1. The van der Waals surface area contributed by atoms with E-state index in [1.54, 1.807) is 6.20 Å². The van der Waals surface area contributed by atoms with Gasteiger partial charge in [0.2, 0.25) is 5.13 Å². The predicted molar refractivity (Wildman–Crippen MR) is 124 cm³/mol. The van der Waals surface area contributed by atoms with E-state index in [4.69, 9.17) is 0 Å². The third-order valence-corrected chi connectivity index (χ3v) is 7.41. The van der Waals surface area contributed by atoms with E-state index >= 15 is 0 Å². The van der Waals surface area contributed by atoms with Gasteiger partial charge in [-0.25, -0.2) is 14.8 Å². The Hall–Kier alpha value is -3.19. The van der Waals surface area contributed by atoms with Crippen molar-refractivity contribution in [1.29, 1.82) is 5.26 Å². The molecule has 2 amide bonds. The number of nitriles is 1. The molecule has 0 radical (unpaired) electrons. The Kier molecular flexibility index (Phi) is 5.21. The first kappa shape index (κ1) is 20.7. The molecule has 2 fully saturated rings. The number of aromatic nitrogens is 4. The summed E-state index contributed by atoms with van der Waals surface area (Å²) in [5.41, 5.74) is 2.33. The number of nitrogens with zero attached hydrogens (tertiary/aromatic N) is 6. The van der Waals surface area contributed by atoms with E-state index in [1.807, 2.05) is 31.0 Å². The molecule has 4 heterocycles. The van der Waals surface area contributed by atoms with Gasteiger partial charge in [-0.15, -0.1) is 0 Å². The number of H-pyrrole nitrogens is 1. The van der Waals surface area contributed by atoms with Crippen LogP contribution in [0.4, 0.5) is 15.6 Å². The van der Waals surface area contributed by atoms with Crippen molar-refractivity contribution >= 4 is 39.4 Å². The van der Waals surface area contributed by atoms with Gasteiger partial charge in [0, 0.05) is 61.4 Å². The number of hydrogen-bond acceptors (Lipinski definition) is 7. The fourth-order valence-electron chi connectivity index (χ4n) is 5.08. The van der Waals surface area contributed by atoms with Gasteiger partial charge in [0.15, 0.2) is 0 Å². The van der Waals surface area contributed by atoms with Crippen molar-refractivity contribution < 1.29 is 4.79 Å². The molecule has 2 N–H and O–H groups in total. The van der Waals surface area contributed by atoms with Gasteiger partial charge in [-0.05, 0) is 30.7 Å². The number of nitrogens with one attached hydrogen (secondary N) is 2. The molecular formula is C22H26N8OS. The zero-order valence-electron chi connectivity index (χ0n) is 18.4. The Morgan fingerprint density at radius 2 is 2.12 bits per heavy atom. The molecule has 32 heavy (non-hydrogen) atoms. The molecule has 3 aromatic heterocycles. The van der Waals surface area contributed by atoms with E-state index in [9.17, 15) is 10.1 Å². The number of fused-ring (bicyclic) bond motifs is 2. The number of amides is 2. The minimum Gasteiger partial charge on any atom is -0.370 e. The van der Waals surface area contributed by atoms with E-state index in [0.29, 0.717) is 28.6 Å². The van der Waals surface area contributed by atoms with Gasteiger partial charge in [0.25, 0.3) is 0 Å². The van der Waals surface area contributed by atoms with E-state index in [1.165, 1.54) is 11.5 Å². The highest BCUT2D eigenvalue weighted by Crippen LogP contribution is 2.42. The Balaban J connectivity index is 1.25. The number of hydrogen-bond donors (Lipinski definition) is 2. The highest BCUT2D eigenvalue weighted by Gasteiger charge is 2.44. The molecule has 3 aromatic rings. The number of likely N-dealkylation sites (tertiary alicyclic amines) is 1. The second-order valence-electron chi connectivity index (χ2n) is 9.08. The third kappa shape index (κ3) is 3.56. The lowest BCUT2D eigenvalue weighted by Gasteiger charge is -2.29. The molecule has 5 rings (SSSR count). The summed E-state index contributed by atoms with van der Waals surface area (Å²) in [4.78, 5) is 28.8. The van der Waals surface area contributed by atoms with Crippen LogP contribution < -0.4 is 10.2 Å². The zero-order chi connectivity index (χ0) is 22.4. The van der Waals surface area contributed by atoms with Crippen LogP contribution in [0.2, 0.25) is 0 Å². The van der Waals surface area contributed by atoms with Crippen LogP contribution in [0.1, 0.15) is 44.0 Å². The maximum Gasteiger partial charge on any atom is 0.323 e. The van der Waals surface area contributed by atoms with E-state index < -0.39 is 0 Å². The minimum absolute atomic E-state index is 0.0920. The van der Waals surface area contributed by atoms with Gasteiger partial charge in [0.05, 0.1) is 11.3 Å². The quantitative estimate of drug-likeness (QED) is 0.625. The minimum atomic E-state index is -0.0920. The Bertz CT molecular complexity index is 1180. The van der Waals surface area contributed by atoms with Crippen LogP contribution in [0.25, 0.3) is 11.0 Å². The molecule has 1 aliphatic carbocycles. The molecule has 10 heteroatoms. The van der Waals surface area contributed by atoms with Crippen molar-refractivity contribution in [2.45, 2.75) is 38.6 Å². The summed E-state index contributed by atoms with van der Waals surface area (Å²) in [6, 6.07) is 4.52. The normalized spacial score (nSPS) is 22.3. The molecule has 0 bridgehead atoms. The van der Waals surface area contributed by atoms with Gasteiger partial charge >= 0.3 is 6.03 Å². The number of urea groups is 1. The Morgan fingerprint density at radius 1 is 1.38 bits per heavy atom. The van der Waals surface area contributed by atoms with Crippen LogP contribution in [-0.4, -0.2) is 56.4 Å². The van der Waals surface area contributed by atoms with Crippen LogP contribution in [0.3, 0.4) is 0 Å². The standard InChI is InChI=1S/C22H26N8OS/c1-12(2)19-26-21(32-28-19)27-22(31)30-10-13-6-16(7-14(13)11-30)29(3)18-15(8-23)9-25-20-17(18)4-5-24-20/h4-5,9,12-14,16H,6-7,10-11H2,1-3H3,(H,24,25)(H,26,27,28,31)/t13-,14?,16+/m1/s1. The molecule has 1 saturated carbocycles. The Labute approximate surface area is 190 Å². The molecule has 1 saturated heterocycles. The topological polar surface area (TPSA) is 114 Å². The van der Waals surface area contributed by atoms with Crippen molar-refractivity contribution in [3.8, 4) is 6.07 Å². The highest BCUT2D eigenvalue weighted by atomic mass is 32.1. The smallest absolute Gasteiger partial charge is 0.323 e. The van der Waals surface area contributed by atoms with Gasteiger partial charge < -0.3 is 14.8 Å². The fourth-order valence-corrected chi connectivity index (χ4v) is 5.78. The lowest BCUT2D eigenvalue weighted by atomic mass is 10.0. The molecular weight excluding hydrogens is 424 g/mol. The third-order valence-electron chi connectivity index (χ3n) is 6.76. The lowest BCUT2D eigenvalue weighted by Crippen LogP contribution is -2.36. The maximum atomic E-state index is 12.8. The monoisotopic (exact) mass is 450 g/mol. The molecule has 0 spiro atoms. The molecule has 1 aliphatic heterocycles. The summed E-state index contributed by atoms with van der Waals surface area (Å²) in [7, 11) is 2.07. The number of pyridine rings is 1. The van der Waals surface area contributed by atoms with Crippen LogP contribution in [0, 0.1) is 23.2 Å². The first-order valence-electron chi connectivity index (χ1n) is 10.9. The fraction of sp³-hybridized carbons (Fsp3) is 0.500.